The highest BCUT2D eigenvalue weighted by Gasteiger charge is 2.20. The lowest BCUT2D eigenvalue weighted by Crippen LogP contribution is -2.20. The van der Waals surface area contributed by atoms with Crippen molar-refractivity contribution >= 4 is 0 Å². The third kappa shape index (κ3) is 3.94. The monoisotopic (exact) mass is 247 g/mol. The van der Waals surface area contributed by atoms with Gasteiger partial charge in [-0.25, -0.2) is 0 Å². The van der Waals surface area contributed by atoms with Gasteiger partial charge in [0.2, 0.25) is 0 Å². The van der Waals surface area contributed by atoms with Gasteiger partial charge >= 0.3 is 0 Å². The van der Waals surface area contributed by atoms with Gasteiger partial charge in [-0.2, -0.15) is 0 Å². The summed E-state index contributed by atoms with van der Waals surface area (Å²) in [6.07, 6.45) is 8.02. The second-order valence-electron chi connectivity index (χ2n) is 5.46. The van der Waals surface area contributed by atoms with Gasteiger partial charge in [-0.15, -0.1) is 0 Å². The number of ether oxygens (including phenoxy) is 1. The Bertz CT molecular complexity index is 337. The maximum Gasteiger partial charge on any atom is 0.178 e. The summed E-state index contributed by atoms with van der Waals surface area (Å²) in [7, 11) is 0. The summed E-state index contributed by atoms with van der Waals surface area (Å²) in [6.45, 7) is 3.08. The number of benzene rings is 1. The van der Waals surface area contributed by atoms with E-state index in [0.29, 0.717) is 5.92 Å². The first-order valence-corrected chi connectivity index (χ1v) is 7.17. The summed E-state index contributed by atoms with van der Waals surface area (Å²) in [5.74, 6) is 2.52. The fourth-order valence-electron chi connectivity index (χ4n) is 2.85. The maximum absolute atomic E-state index is 11.0. The topological polar surface area (TPSA) is 29.1 Å². The first kappa shape index (κ1) is 13.3. The van der Waals surface area contributed by atoms with Crippen LogP contribution in [0.1, 0.15) is 45.4 Å². The first-order valence-electron chi connectivity index (χ1n) is 7.17. The molecule has 1 saturated carbocycles. The van der Waals surface area contributed by atoms with Crippen molar-refractivity contribution in [2.75, 3.05) is 6.61 Å². The molecule has 1 radical (unpaired) electrons. The molecule has 0 unspecified atom stereocenters. The third-order valence-corrected chi connectivity index (χ3v) is 3.97. The lowest BCUT2D eigenvalue weighted by Gasteiger charge is -2.28. The number of rotatable bonds is 5. The largest absolute Gasteiger partial charge is 0.493 e. The third-order valence-electron chi connectivity index (χ3n) is 3.97. The molecule has 0 bridgehead atoms. The molecule has 2 heteroatoms. The minimum Gasteiger partial charge on any atom is -0.493 e. The van der Waals surface area contributed by atoms with Crippen molar-refractivity contribution in [3.8, 4) is 11.5 Å². The minimum atomic E-state index is 0.0439. The van der Waals surface area contributed by atoms with Crippen molar-refractivity contribution in [1.82, 2.24) is 0 Å². The van der Waals surface area contributed by atoms with Crippen LogP contribution in [0.2, 0.25) is 0 Å². The van der Waals surface area contributed by atoms with Crippen LogP contribution in [0.25, 0.3) is 0 Å². The molecular weight excluding hydrogens is 224 g/mol. The molecule has 0 aromatic heterocycles. The summed E-state index contributed by atoms with van der Waals surface area (Å²) >= 11 is 0. The molecule has 1 aromatic rings. The molecule has 99 valence electrons. The van der Waals surface area contributed by atoms with Crippen LogP contribution in [0.3, 0.4) is 0 Å². The van der Waals surface area contributed by atoms with Crippen LogP contribution in [0.4, 0.5) is 0 Å². The van der Waals surface area contributed by atoms with E-state index in [1.54, 1.807) is 24.3 Å². The first-order chi connectivity index (χ1) is 8.78. The number of hydrogen-bond acceptors (Lipinski definition) is 1. The lowest BCUT2D eigenvalue weighted by atomic mass is 9.80. The Morgan fingerprint density at radius 2 is 1.67 bits per heavy atom. The Balaban J connectivity index is 1.70. The molecule has 0 atom stereocenters. The second kappa shape index (κ2) is 6.67. The average Bonchev–Trinajstić information content (AvgIpc) is 2.40. The van der Waals surface area contributed by atoms with Gasteiger partial charge in [-0.05, 0) is 48.9 Å². The molecule has 0 N–H and O–H groups in total. The van der Waals surface area contributed by atoms with Gasteiger partial charge in [0.15, 0.2) is 5.75 Å². The van der Waals surface area contributed by atoms with Gasteiger partial charge < -0.3 is 4.74 Å². The van der Waals surface area contributed by atoms with Crippen molar-refractivity contribution in [2.45, 2.75) is 45.4 Å². The summed E-state index contributed by atoms with van der Waals surface area (Å²) in [4.78, 5) is 0. The molecule has 0 heterocycles. The van der Waals surface area contributed by atoms with Crippen LogP contribution in [0, 0.1) is 11.8 Å². The Morgan fingerprint density at radius 1 is 1.06 bits per heavy atom. The molecule has 0 amide bonds. The van der Waals surface area contributed by atoms with Crippen molar-refractivity contribution in [3.05, 3.63) is 24.3 Å². The predicted octanol–water partition coefficient (Wildman–Crippen LogP) is 4.82. The van der Waals surface area contributed by atoms with Crippen LogP contribution in [-0.2, 0) is 5.11 Å². The Morgan fingerprint density at radius 3 is 2.28 bits per heavy atom. The predicted molar refractivity (Wildman–Crippen MR) is 72.4 cm³/mol. The molecular formula is C16H23O2. The highest BCUT2D eigenvalue weighted by atomic mass is 16.5. The van der Waals surface area contributed by atoms with E-state index < -0.39 is 0 Å². The van der Waals surface area contributed by atoms with Crippen LogP contribution in [-0.4, -0.2) is 6.61 Å². The molecule has 0 saturated heterocycles. The average molecular weight is 247 g/mol. The van der Waals surface area contributed by atoms with Gasteiger partial charge in [0, 0.05) is 0 Å². The normalized spacial score (nSPS) is 23.8. The van der Waals surface area contributed by atoms with E-state index in [-0.39, 0.29) is 5.75 Å². The Kier molecular flexibility index (Phi) is 4.91. The van der Waals surface area contributed by atoms with Crippen molar-refractivity contribution in [3.63, 3.8) is 0 Å². The summed E-state index contributed by atoms with van der Waals surface area (Å²) < 4.78 is 5.76. The van der Waals surface area contributed by atoms with E-state index in [0.717, 1.165) is 18.3 Å². The molecule has 2 nitrogen and oxygen atoms in total. The van der Waals surface area contributed by atoms with E-state index in [1.807, 2.05) is 0 Å². The van der Waals surface area contributed by atoms with Gasteiger partial charge in [0.25, 0.3) is 0 Å². The van der Waals surface area contributed by atoms with Crippen LogP contribution in [0.5, 0.6) is 11.5 Å². The summed E-state index contributed by atoms with van der Waals surface area (Å²) in [5, 5.41) is 11.0. The summed E-state index contributed by atoms with van der Waals surface area (Å²) in [6, 6.07) is 6.66. The Hall–Kier alpha value is -1.18. The maximum atomic E-state index is 11.0. The lowest BCUT2D eigenvalue weighted by molar-refractivity contribution is 0.178. The van der Waals surface area contributed by atoms with E-state index in [2.05, 4.69) is 6.92 Å². The van der Waals surface area contributed by atoms with Crippen molar-refractivity contribution < 1.29 is 9.84 Å². The standard InChI is InChI=1S/C16H23O2/c1-2-3-13-4-6-14(7-5-13)12-18-16-10-8-15(17)9-11-16/h8-11,13-14H,2-7,12H2,1H3. The molecule has 1 aromatic carbocycles. The van der Waals surface area contributed by atoms with Gasteiger partial charge in [0.1, 0.15) is 5.75 Å². The van der Waals surface area contributed by atoms with Crippen LogP contribution in [0.15, 0.2) is 24.3 Å². The zero-order valence-corrected chi connectivity index (χ0v) is 11.2. The van der Waals surface area contributed by atoms with Crippen LogP contribution >= 0.6 is 0 Å². The van der Waals surface area contributed by atoms with Crippen LogP contribution < -0.4 is 4.74 Å². The fraction of sp³-hybridized carbons (Fsp3) is 0.625. The molecule has 1 aliphatic rings. The highest BCUT2D eigenvalue weighted by Crippen LogP contribution is 2.31. The smallest absolute Gasteiger partial charge is 0.178 e. The zero-order chi connectivity index (χ0) is 12.8. The highest BCUT2D eigenvalue weighted by molar-refractivity contribution is 5.29. The molecule has 0 spiro atoms. The molecule has 2 rings (SSSR count). The van der Waals surface area contributed by atoms with Gasteiger partial charge in [-0.1, -0.05) is 32.6 Å². The number of hydrogen-bond donors (Lipinski definition) is 0. The quantitative estimate of drug-likeness (QED) is 0.733. The second-order valence-corrected chi connectivity index (χ2v) is 5.46. The molecule has 1 aliphatic carbocycles. The van der Waals surface area contributed by atoms with E-state index in [9.17, 15) is 5.11 Å². The van der Waals surface area contributed by atoms with Crippen molar-refractivity contribution in [1.29, 1.82) is 0 Å². The minimum absolute atomic E-state index is 0.0439. The molecule has 0 aliphatic heterocycles. The summed E-state index contributed by atoms with van der Waals surface area (Å²) in [5.41, 5.74) is 0. The zero-order valence-electron chi connectivity index (χ0n) is 11.2. The van der Waals surface area contributed by atoms with E-state index >= 15 is 0 Å². The SMILES string of the molecule is CCCC1CCC(COc2ccc([O])cc2)CC1. The van der Waals surface area contributed by atoms with E-state index in [4.69, 9.17) is 4.74 Å². The van der Waals surface area contributed by atoms with E-state index in [1.165, 1.54) is 38.5 Å². The fourth-order valence-corrected chi connectivity index (χ4v) is 2.85. The molecule has 1 fully saturated rings. The van der Waals surface area contributed by atoms with Crippen molar-refractivity contribution in [2.24, 2.45) is 11.8 Å². The van der Waals surface area contributed by atoms with Gasteiger partial charge in [0.05, 0.1) is 6.61 Å². The van der Waals surface area contributed by atoms with Gasteiger partial charge in [-0.3, -0.25) is 5.11 Å². The molecule has 18 heavy (non-hydrogen) atoms. The Labute approximate surface area is 110 Å².